The summed E-state index contributed by atoms with van der Waals surface area (Å²) in [6.07, 6.45) is 0. The molecule has 1 atom stereocenters. The predicted octanol–water partition coefficient (Wildman–Crippen LogP) is 0.765. The van der Waals surface area contributed by atoms with Gasteiger partial charge in [-0.3, -0.25) is 9.78 Å². The van der Waals surface area contributed by atoms with Crippen LogP contribution in [0.5, 0.6) is 0 Å². The number of aromatic amines is 1. The van der Waals surface area contributed by atoms with E-state index >= 15 is 0 Å². The minimum atomic E-state index is -0.478. The number of fused-ring (bicyclic) bond motifs is 4. The van der Waals surface area contributed by atoms with Gasteiger partial charge < -0.3 is 5.11 Å². The Labute approximate surface area is 151 Å². The van der Waals surface area contributed by atoms with E-state index in [2.05, 4.69) is 9.98 Å². The summed E-state index contributed by atoms with van der Waals surface area (Å²) in [5.41, 5.74) is 3.41. The van der Waals surface area contributed by atoms with Crippen LogP contribution in [0, 0.1) is 0 Å². The van der Waals surface area contributed by atoms with Gasteiger partial charge in [0.15, 0.2) is 0 Å². The highest BCUT2D eigenvalue weighted by molar-refractivity contribution is 7.08. The zero-order valence-corrected chi connectivity index (χ0v) is 14.6. The van der Waals surface area contributed by atoms with Gasteiger partial charge in [0, 0.05) is 11.1 Å². The van der Waals surface area contributed by atoms with Crippen LogP contribution in [-0.2, 0) is 7.05 Å². The second kappa shape index (κ2) is 5.15. The summed E-state index contributed by atoms with van der Waals surface area (Å²) in [5, 5.41) is 14.8. The van der Waals surface area contributed by atoms with Crippen LogP contribution in [0.3, 0.4) is 0 Å². The maximum atomic E-state index is 12.7. The largest absolute Gasteiger partial charge is 0.507 e. The maximum absolute atomic E-state index is 12.7. The van der Waals surface area contributed by atoms with Crippen LogP contribution in [0.2, 0.25) is 0 Å². The first kappa shape index (κ1) is 15.1. The summed E-state index contributed by atoms with van der Waals surface area (Å²) >= 11 is 1.53. The topological polar surface area (TPSA) is 89.1 Å². The standard InChI is InChI=1S/C19H13N3O3S/c1-22-17-14(18(24)21-19(22)25)12(9-6-7-26-8-9)13-15(20-17)10-4-2-3-5-11(10)16(13)23/h2-8,12,23H,1H3,(H,21,24,25)/p+1. The smallest absolute Gasteiger partial charge is 0.415 e. The number of nitrogens with zero attached hydrogens (tertiary/aromatic N) is 1. The highest BCUT2D eigenvalue weighted by atomic mass is 32.1. The molecule has 5 rings (SSSR count). The van der Waals surface area contributed by atoms with Gasteiger partial charge in [0.05, 0.1) is 18.5 Å². The molecule has 0 saturated carbocycles. The van der Waals surface area contributed by atoms with Crippen molar-refractivity contribution in [3.8, 4) is 0 Å². The molecule has 0 spiro atoms. The van der Waals surface area contributed by atoms with Gasteiger partial charge in [-0.05, 0) is 28.5 Å². The number of benzene rings is 1. The fourth-order valence-electron chi connectivity index (χ4n) is 3.82. The predicted molar refractivity (Wildman–Crippen MR) is 99.2 cm³/mol. The quantitative estimate of drug-likeness (QED) is 0.596. The van der Waals surface area contributed by atoms with Crippen molar-refractivity contribution in [3.63, 3.8) is 0 Å². The molecule has 1 aliphatic heterocycles. The lowest BCUT2D eigenvalue weighted by molar-refractivity contribution is -0.363. The summed E-state index contributed by atoms with van der Waals surface area (Å²) in [4.78, 5) is 30.4. The van der Waals surface area contributed by atoms with Crippen LogP contribution in [0.15, 0.2) is 56.3 Å². The zero-order chi connectivity index (χ0) is 18.0. The molecule has 1 aromatic carbocycles. The van der Waals surface area contributed by atoms with E-state index in [1.54, 1.807) is 7.05 Å². The highest BCUT2D eigenvalue weighted by Crippen LogP contribution is 2.43. The minimum absolute atomic E-state index is 0.165. The van der Waals surface area contributed by atoms with Crippen molar-refractivity contribution in [1.29, 1.82) is 0 Å². The molecule has 0 fully saturated rings. The number of hydrogen-bond donors (Lipinski definition) is 3. The molecular weight excluding hydrogens is 350 g/mol. The van der Waals surface area contributed by atoms with Crippen LogP contribution < -0.4 is 16.2 Å². The molecule has 3 aromatic rings. The number of aliphatic hydroxyl groups excluding tert-OH is 1. The molecule has 1 aliphatic carbocycles. The number of thiophene rings is 1. The Bertz CT molecular complexity index is 1250. The molecule has 0 bridgehead atoms. The van der Waals surface area contributed by atoms with Gasteiger partial charge in [0.1, 0.15) is 17.0 Å². The van der Waals surface area contributed by atoms with Gasteiger partial charge in [-0.15, -0.1) is 0 Å². The van der Waals surface area contributed by atoms with E-state index in [1.807, 2.05) is 41.1 Å². The van der Waals surface area contributed by atoms with Crippen LogP contribution in [0.1, 0.15) is 28.2 Å². The third-order valence-corrected chi connectivity index (χ3v) is 5.73. The number of aliphatic hydroxyl groups is 1. The fourth-order valence-corrected chi connectivity index (χ4v) is 4.51. The Kier molecular flexibility index (Phi) is 2.99. The summed E-state index contributed by atoms with van der Waals surface area (Å²) in [6.45, 7) is 0. The number of H-pyrrole nitrogens is 1. The van der Waals surface area contributed by atoms with Crippen molar-refractivity contribution >= 4 is 28.6 Å². The lowest BCUT2D eigenvalue weighted by Gasteiger charge is -2.22. The molecular formula is C19H14N3O3S+. The molecule has 128 valence electrons. The van der Waals surface area contributed by atoms with E-state index in [4.69, 9.17) is 0 Å². The monoisotopic (exact) mass is 364 g/mol. The highest BCUT2D eigenvalue weighted by Gasteiger charge is 2.43. The molecule has 2 aliphatic rings. The molecule has 26 heavy (non-hydrogen) atoms. The first-order chi connectivity index (χ1) is 12.6. The van der Waals surface area contributed by atoms with Gasteiger partial charge in [0.2, 0.25) is 0 Å². The number of aromatic nitrogens is 2. The van der Waals surface area contributed by atoms with E-state index in [-0.39, 0.29) is 5.76 Å². The fraction of sp³-hybridized carbons (Fsp3) is 0.105. The normalized spacial score (nSPS) is 17.6. The lowest BCUT2D eigenvalue weighted by Crippen LogP contribution is -2.72. The van der Waals surface area contributed by atoms with Crippen molar-refractivity contribution in [1.82, 2.24) is 9.55 Å². The summed E-state index contributed by atoms with van der Waals surface area (Å²) < 4.78 is 1.40. The van der Waals surface area contributed by atoms with Crippen LogP contribution in [-0.4, -0.2) is 20.4 Å². The number of rotatable bonds is 1. The zero-order valence-electron chi connectivity index (χ0n) is 13.7. The first-order valence-electron chi connectivity index (χ1n) is 8.10. The molecule has 3 N–H and O–H groups in total. The summed E-state index contributed by atoms with van der Waals surface area (Å²) in [7, 11) is 1.62. The van der Waals surface area contributed by atoms with Crippen molar-refractivity contribution in [2.75, 3.05) is 0 Å². The molecule has 1 unspecified atom stereocenters. The van der Waals surface area contributed by atoms with Crippen molar-refractivity contribution in [2.24, 2.45) is 7.05 Å². The van der Waals surface area contributed by atoms with E-state index < -0.39 is 17.2 Å². The van der Waals surface area contributed by atoms with Gasteiger partial charge in [-0.25, -0.2) is 9.79 Å². The second-order valence-corrected chi connectivity index (χ2v) is 7.16. The third kappa shape index (κ3) is 1.83. The minimum Gasteiger partial charge on any atom is -0.507 e. The Balaban J connectivity index is 1.95. The van der Waals surface area contributed by atoms with Gasteiger partial charge in [0.25, 0.3) is 11.4 Å². The number of hydrogen-bond acceptors (Lipinski definition) is 4. The van der Waals surface area contributed by atoms with E-state index in [0.29, 0.717) is 17.0 Å². The number of nitrogens with one attached hydrogen (secondary N) is 2. The van der Waals surface area contributed by atoms with Crippen molar-refractivity contribution in [2.45, 2.75) is 5.92 Å². The van der Waals surface area contributed by atoms with E-state index in [9.17, 15) is 14.7 Å². The first-order valence-corrected chi connectivity index (χ1v) is 9.04. The average Bonchev–Trinajstić information content (AvgIpc) is 3.26. The molecule has 2 aromatic heterocycles. The van der Waals surface area contributed by atoms with Gasteiger partial charge in [-0.2, -0.15) is 15.9 Å². The van der Waals surface area contributed by atoms with Crippen LogP contribution in [0.4, 0.5) is 5.82 Å². The summed E-state index contributed by atoms with van der Waals surface area (Å²) in [6, 6.07) is 9.47. The molecule has 6 nitrogen and oxygen atoms in total. The van der Waals surface area contributed by atoms with Gasteiger partial charge >= 0.3 is 5.69 Å². The molecule has 0 amide bonds. The SMILES string of the molecule is Cn1c2c(c(=O)[nH]c1=O)C(c1ccsc1)C1=C(O)c3ccccc3C1=[NH+]2. The second-order valence-electron chi connectivity index (χ2n) is 6.38. The Morgan fingerprint density at radius 3 is 2.69 bits per heavy atom. The van der Waals surface area contributed by atoms with Crippen LogP contribution in [0.25, 0.3) is 5.76 Å². The maximum Gasteiger partial charge on any atom is 0.415 e. The Morgan fingerprint density at radius 1 is 1.19 bits per heavy atom. The Hall–Kier alpha value is -3.19. The third-order valence-electron chi connectivity index (χ3n) is 5.03. The van der Waals surface area contributed by atoms with E-state index in [0.717, 1.165) is 22.4 Å². The van der Waals surface area contributed by atoms with Gasteiger partial charge in [-0.1, -0.05) is 18.2 Å². The van der Waals surface area contributed by atoms with Crippen LogP contribution >= 0.6 is 11.3 Å². The molecule has 0 saturated heterocycles. The molecule has 0 radical (unpaired) electrons. The van der Waals surface area contributed by atoms with E-state index in [1.165, 1.54) is 15.9 Å². The lowest BCUT2D eigenvalue weighted by atomic mass is 9.82. The average molecular weight is 364 g/mol. The summed E-state index contributed by atoms with van der Waals surface area (Å²) in [5.74, 6) is 0.173. The molecule has 3 heterocycles. The van der Waals surface area contributed by atoms with Crippen molar-refractivity contribution in [3.05, 3.63) is 89.8 Å². The molecule has 7 heteroatoms. The number of allylic oxidation sites excluding steroid dienone is 1. The van der Waals surface area contributed by atoms with Crippen molar-refractivity contribution < 1.29 is 10.1 Å². The Morgan fingerprint density at radius 2 is 1.96 bits per heavy atom.